The van der Waals surface area contributed by atoms with Crippen LogP contribution in [0.25, 0.3) is 0 Å². The number of rotatable bonds is 4. The monoisotopic (exact) mass is 299 g/mol. The molecule has 1 heterocycles. The number of benzene rings is 1. The van der Waals surface area contributed by atoms with Crippen molar-refractivity contribution >= 4 is 15.7 Å². The van der Waals surface area contributed by atoms with E-state index < -0.39 is 14.9 Å². The van der Waals surface area contributed by atoms with Crippen molar-refractivity contribution in [3.63, 3.8) is 0 Å². The van der Waals surface area contributed by atoms with Crippen LogP contribution in [-0.4, -0.2) is 32.5 Å². The fourth-order valence-electron chi connectivity index (χ4n) is 2.19. The number of piperidine rings is 1. The quantitative estimate of drug-likeness (QED) is 0.636. The van der Waals surface area contributed by atoms with Gasteiger partial charge in [0.15, 0.2) is 0 Å². The van der Waals surface area contributed by atoms with Crippen LogP contribution in [0.15, 0.2) is 23.1 Å². The summed E-state index contributed by atoms with van der Waals surface area (Å²) in [5, 5.41) is 14.0. The highest BCUT2D eigenvalue weighted by atomic mass is 32.2. The first-order valence-electron chi connectivity index (χ1n) is 6.38. The van der Waals surface area contributed by atoms with E-state index in [2.05, 4.69) is 10.0 Å². The number of hydrogen-bond acceptors (Lipinski definition) is 5. The molecule has 0 spiro atoms. The highest BCUT2D eigenvalue weighted by Gasteiger charge is 2.24. The average Bonchev–Trinajstić information content (AvgIpc) is 2.39. The van der Waals surface area contributed by atoms with Crippen molar-refractivity contribution in [1.29, 1.82) is 0 Å². The summed E-state index contributed by atoms with van der Waals surface area (Å²) in [6, 6.07) is 3.77. The molecule has 110 valence electrons. The van der Waals surface area contributed by atoms with Gasteiger partial charge in [-0.15, -0.1) is 0 Å². The highest BCUT2D eigenvalue weighted by molar-refractivity contribution is 7.89. The van der Waals surface area contributed by atoms with Gasteiger partial charge in [-0.1, -0.05) is 6.07 Å². The largest absolute Gasteiger partial charge is 0.315 e. The lowest BCUT2D eigenvalue weighted by Gasteiger charge is -2.23. The minimum Gasteiger partial charge on any atom is -0.315 e. The summed E-state index contributed by atoms with van der Waals surface area (Å²) in [4.78, 5) is 10.2. The second kappa shape index (κ2) is 5.86. The zero-order chi connectivity index (χ0) is 14.8. The molecule has 2 N–H and O–H groups in total. The van der Waals surface area contributed by atoms with Crippen LogP contribution in [0, 0.1) is 17.0 Å². The van der Waals surface area contributed by atoms with Crippen LogP contribution in [-0.2, 0) is 10.0 Å². The summed E-state index contributed by atoms with van der Waals surface area (Å²) in [5.41, 5.74) is 0.253. The third-order valence-corrected chi connectivity index (χ3v) is 4.82. The van der Waals surface area contributed by atoms with Crippen molar-refractivity contribution in [3.8, 4) is 0 Å². The third kappa shape index (κ3) is 3.33. The van der Waals surface area contributed by atoms with Gasteiger partial charge in [0.1, 0.15) is 0 Å². The minimum absolute atomic E-state index is 0.0691. The van der Waals surface area contributed by atoms with Crippen LogP contribution in [0.3, 0.4) is 0 Å². The molecule has 0 unspecified atom stereocenters. The molecule has 1 saturated heterocycles. The van der Waals surface area contributed by atoms with Crippen molar-refractivity contribution in [2.45, 2.75) is 30.7 Å². The maximum absolute atomic E-state index is 12.2. The lowest BCUT2D eigenvalue weighted by Crippen LogP contribution is -2.45. The lowest BCUT2D eigenvalue weighted by molar-refractivity contribution is -0.385. The normalized spacial score (nSPS) is 19.8. The van der Waals surface area contributed by atoms with E-state index in [1.54, 1.807) is 6.92 Å². The topological polar surface area (TPSA) is 101 Å². The van der Waals surface area contributed by atoms with Gasteiger partial charge in [-0.05, 0) is 32.4 Å². The van der Waals surface area contributed by atoms with Crippen LogP contribution in [0.1, 0.15) is 18.4 Å². The second-order valence-electron chi connectivity index (χ2n) is 4.87. The molecule has 0 aliphatic carbocycles. The SMILES string of the molecule is Cc1ccc(S(=O)(=O)N[C@H]2CCCNC2)cc1[N+](=O)[O-]. The number of hydrogen-bond donors (Lipinski definition) is 2. The maximum atomic E-state index is 12.2. The van der Waals surface area contributed by atoms with E-state index in [1.165, 1.54) is 12.1 Å². The molecule has 0 radical (unpaired) electrons. The van der Waals surface area contributed by atoms with Crippen molar-refractivity contribution < 1.29 is 13.3 Å². The Morgan fingerprint density at radius 1 is 1.45 bits per heavy atom. The van der Waals surface area contributed by atoms with Crippen molar-refractivity contribution in [1.82, 2.24) is 10.0 Å². The highest BCUT2D eigenvalue weighted by Crippen LogP contribution is 2.22. The van der Waals surface area contributed by atoms with Gasteiger partial charge in [-0.3, -0.25) is 10.1 Å². The van der Waals surface area contributed by atoms with Gasteiger partial charge in [-0.25, -0.2) is 13.1 Å². The van der Waals surface area contributed by atoms with Gasteiger partial charge < -0.3 is 5.32 Å². The molecule has 1 aromatic rings. The van der Waals surface area contributed by atoms with Crippen molar-refractivity contribution in [3.05, 3.63) is 33.9 Å². The Morgan fingerprint density at radius 2 is 2.20 bits per heavy atom. The zero-order valence-corrected chi connectivity index (χ0v) is 11.9. The molecule has 1 aliphatic rings. The summed E-state index contributed by atoms with van der Waals surface area (Å²) in [6.45, 7) is 3.04. The predicted octanol–water partition coefficient (Wildman–Crippen LogP) is 0.934. The van der Waals surface area contributed by atoms with Gasteiger partial charge in [-0.2, -0.15) is 0 Å². The predicted molar refractivity (Wildman–Crippen MR) is 74.0 cm³/mol. The first-order chi connectivity index (χ1) is 9.40. The summed E-state index contributed by atoms with van der Waals surface area (Å²) in [5.74, 6) is 0. The van der Waals surface area contributed by atoms with Gasteiger partial charge in [0.25, 0.3) is 5.69 Å². The first kappa shape index (κ1) is 14.9. The number of nitrogens with zero attached hydrogens (tertiary/aromatic N) is 1. The molecule has 0 saturated carbocycles. The van der Waals surface area contributed by atoms with E-state index in [-0.39, 0.29) is 16.6 Å². The molecule has 8 heteroatoms. The summed E-state index contributed by atoms with van der Waals surface area (Å²) >= 11 is 0. The fourth-order valence-corrected chi connectivity index (χ4v) is 3.48. The van der Waals surface area contributed by atoms with Crippen LogP contribution in [0.5, 0.6) is 0 Å². The molecule has 2 rings (SSSR count). The van der Waals surface area contributed by atoms with E-state index in [0.29, 0.717) is 12.1 Å². The minimum atomic E-state index is -3.73. The smallest absolute Gasteiger partial charge is 0.273 e. The number of aryl methyl sites for hydroxylation is 1. The van der Waals surface area contributed by atoms with E-state index in [0.717, 1.165) is 25.5 Å². The Kier molecular flexibility index (Phi) is 4.36. The zero-order valence-electron chi connectivity index (χ0n) is 11.1. The van der Waals surface area contributed by atoms with E-state index in [9.17, 15) is 18.5 Å². The molecule has 0 bridgehead atoms. The fraction of sp³-hybridized carbons (Fsp3) is 0.500. The van der Waals surface area contributed by atoms with Crippen LogP contribution >= 0.6 is 0 Å². The van der Waals surface area contributed by atoms with E-state index in [1.807, 2.05) is 0 Å². The molecule has 1 aliphatic heterocycles. The van der Waals surface area contributed by atoms with Crippen LogP contribution in [0.4, 0.5) is 5.69 Å². The molecule has 0 amide bonds. The summed E-state index contributed by atoms with van der Waals surface area (Å²) in [6.07, 6.45) is 1.67. The van der Waals surface area contributed by atoms with Crippen molar-refractivity contribution in [2.24, 2.45) is 0 Å². The Hall–Kier alpha value is -1.51. The number of nitro benzene ring substituents is 1. The first-order valence-corrected chi connectivity index (χ1v) is 7.86. The molecular formula is C12H17N3O4S. The molecule has 1 fully saturated rings. The molecule has 1 atom stereocenters. The van der Waals surface area contributed by atoms with E-state index in [4.69, 9.17) is 0 Å². The number of nitrogens with one attached hydrogen (secondary N) is 2. The number of nitro groups is 1. The van der Waals surface area contributed by atoms with Crippen molar-refractivity contribution in [2.75, 3.05) is 13.1 Å². The van der Waals surface area contributed by atoms with Crippen LogP contribution < -0.4 is 10.0 Å². The van der Waals surface area contributed by atoms with Gasteiger partial charge >= 0.3 is 0 Å². The Bertz CT molecular complexity index is 609. The Morgan fingerprint density at radius 3 is 2.80 bits per heavy atom. The average molecular weight is 299 g/mol. The molecular weight excluding hydrogens is 282 g/mol. The Balaban J connectivity index is 2.24. The lowest BCUT2D eigenvalue weighted by atomic mass is 10.1. The van der Waals surface area contributed by atoms with Crippen LogP contribution in [0.2, 0.25) is 0 Å². The van der Waals surface area contributed by atoms with Gasteiger partial charge in [0.2, 0.25) is 10.0 Å². The molecule has 20 heavy (non-hydrogen) atoms. The Labute approximate surface area is 117 Å². The number of sulfonamides is 1. The summed E-state index contributed by atoms with van der Waals surface area (Å²) in [7, 11) is -3.73. The second-order valence-corrected chi connectivity index (χ2v) is 6.58. The molecule has 1 aromatic carbocycles. The summed E-state index contributed by atoms with van der Waals surface area (Å²) < 4.78 is 27.0. The molecule has 0 aromatic heterocycles. The molecule has 7 nitrogen and oxygen atoms in total. The third-order valence-electron chi connectivity index (χ3n) is 3.31. The van der Waals surface area contributed by atoms with Gasteiger partial charge in [0.05, 0.1) is 9.82 Å². The standard InChI is InChI=1S/C12H17N3O4S/c1-9-4-5-11(7-12(9)15(16)17)20(18,19)14-10-3-2-6-13-8-10/h4-5,7,10,13-14H,2-3,6,8H2,1H3/t10-/m0/s1. The van der Waals surface area contributed by atoms with Gasteiger partial charge in [0, 0.05) is 24.2 Å². The van der Waals surface area contributed by atoms with E-state index >= 15 is 0 Å². The maximum Gasteiger partial charge on any atom is 0.273 e.